The molecule has 3 aliphatic rings. The van der Waals surface area contributed by atoms with Crippen molar-refractivity contribution in [1.82, 2.24) is 0 Å². The largest absolute Gasteiger partial charge is 0.455 e. The monoisotopic (exact) mass is 913 g/mol. The summed E-state index contributed by atoms with van der Waals surface area (Å²) in [5.74, 6) is 0. The van der Waals surface area contributed by atoms with Gasteiger partial charge in [-0.2, -0.15) is 0 Å². The van der Waals surface area contributed by atoms with Gasteiger partial charge in [-0.05, 0) is 128 Å². The van der Waals surface area contributed by atoms with Crippen molar-refractivity contribution in [2.24, 2.45) is 0 Å². The van der Waals surface area contributed by atoms with Crippen LogP contribution in [0.5, 0.6) is 0 Å². The first-order chi connectivity index (χ1) is 34.4. The third kappa shape index (κ3) is 5.23. The lowest BCUT2D eigenvalue weighted by molar-refractivity contribution is 0.600. The van der Waals surface area contributed by atoms with E-state index in [1.807, 2.05) is 0 Å². The summed E-state index contributed by atoms with van der Waals surface area (Å²) < 4.78 is 13.9. The van der Waals surface area contributed by atoms with E-state index in [1.54, 1.807) is 0 Å². The van der Waals surface area contributed by atoms with Gasteiger partial charge < -0.3 is 13.7 Å². The van der Waals surface area contributed by atoms with Crippen molar-refractivity contribution in [2.45, 2.75) is 64.7 Å². The van der Waals surface area contributed by atoms with E-state index in [-0.39, 0.29) is 16.2 Å². The maximum absolute atomic E-state index is 7.07. The standard InChI is InChI=1S/C68H51NO2/c1-38-27-29-40(30-28-38)49-37-53-57(59-47-21-11-14-25-55(47)70-64(49)59)45-33-31-41(35-51(45)66(53,2)3)69(54-24-16-18-39-17-8-9-19-43(39)54)42-32-34-46-52(36-42)68(6,7)63-61(46)65-60(48-22-12-15-26-56(48)71-65)58-44-20-10-13-23-50(44)67(4,5)62(58)63/h8-37H,1-7H3. The molecule has 12 aromatic rings. The second-order valence-electron chi connectivity index (χ2n) is 22.0. The molecule has 0 radical (unpaired) electrons. The number of hydrogen-bond donors (Lipinski definition) is 0. The van der Waals surface area contributed by atoms with Crippen molar-refractivity contribution < 1.29 is 8.83 Å². The maximum atomic E-state index is 7.07. The van der Waals surface area contributed by atoms with Crippen LogP contribution in [0.3, 0.4) is 0 Å². The summed E-state index contributed by atoms with van der Waals surface area (Å²) in [6.45, 7) is 16.7. The number of fused-ring (bicyclic) bond motifs is 20. The summed E-state index contributed by atoms with van der Waals surface area (Å²) in [5, 5.41) is 7.16. The van der Waals surface area contributed by atoms with Crippen LogP contribution in [0.4, 0.5) is 17.1 Å². The average Bonchev–Trinajstić information content (AvgIpc) is 4.14. The van der Waals surface area contributed by atoms with Gasteiger partial charge in [-0.25, -0.2) is 0 Å². The molecule has 2 aromatic heterocycles. The van der Waals surface area contributed by atoms with Gasteiger partial charge in [0.2, 0.25) is 0 Å². The highest BCUT2D eigenvalue weighted by Gasteiger charge is 2.49. The van der Waals surface area contributed by atoms with Gasteiger partial charge in [0.15, 0.2) is 0 Å². The Morgan fingerprint density at radius 3 is 1.63 bits per heavy atom. The Morgan fingerprint density at radius 1 is 0.380 bits per heavy atom. The van der Waals surface area contributed by atoms with Crippen molar-refractivity contribution in [1.29, 1.82) is 0 Å². The molecule has 0 amide bonds. The fourth-order valence-electron chi connectivity index (χ4n) is 13.7. The predicted molar refractivity (Wildman–Crippen MR) is 296 cm³/mol. The smallest absolute Gasteiger partial charge is 0.144 e. The molecule has 3 heteroatoms. The number of benzene rings is 10. The molecule has 0 fully saturated rings. The molecule has 340 valence electrons. The fraction of sp³-hybridized carbons (Fsp3) is 0.147. The van der Waals surface area contributed by atoms with Gasteiger partial charge in [0.25, 0.3) is 0 Å². The van der Waals surface area contributed by atoms with Crippen LogP contribution in [0.15, 0.2) is 191 Å². The van der Waals surface area contributed by atoms with Gasteiger partial charge >= 0.3 is 0 Å². The van der Waals surface area contributed by atoms with E-state index in [0.717, 1.165) is 55.9 Å². The molecule has 3 nitrogen and oxygen atoms in total. The number of rotatable bonds is 4. The van der Waals surface area contributed by atoms with Crippen LogP contribution in [-0.4, -0.2) is 0 Å². The maximum Gasteiger partial charge on any atom is 0.144 e. The van der Waals surface area contributed by atoms with Gasteiger partial charge in [-0.15, -0.1) is 0 Å². The molecule has 10 aromatic carbocycles. The molecule has 0 saturated heterocycles. The Balaban J connectivity index is 0.967. The lowest BCUT2D eigenvalue weighted by atomic mass is 9.72. The van der Waals surface area contributed by atoms with Crippen LogP contribution in [-0.2, 0) is 16.2 Å². The minimum atomic E-state index is -0.350. The number of aryl methyl sites for hydroxylation is 1. The third-order valence-electron chi connectivity index (χ3n) is 17.0. The molecule has 0 N–H and O–H groups in total. The summed E-state index contributed by atoms with van der Waals surface area (Å²) in [4.78, 5) is 2.52. The summed E-state index contributed by atoms with van der Waals surface area (Å²) >= 11 is 0. The predicted octanol–water partition coefficient (Wildman–Crippen LogP) is 19.0. The minimum Gasteiger partial charge on any atom is -0.455 e. The summed E-state index contributed by atoms with van der Waals surface area (Å²) in [6, 6.07) is 67.5. The Kier molecular flexibility index (Phi) is 7.91. The zero-order valence-electron chi connectivity index (χ0n) is 41.1. The topological polar surface area (TPSA) is 29.5 Å². The number of nitrogens with zero attached hydrogens (tertiary/aromatic N) is 1. The van der Waals surface area contributed by atoms with Crippen LogP contribution in [0.25, 0.3) is 99.2 Å². The second kappa shape index (κ2) is 13.8. The first-order valence-corrected chi connectivity index (χ1v) is 25.2. The van der Waals surface area contributed by atoms with E-state index in [2.05, 4.69) is 235 Å². The van der Waals surface area contributed by atoms with E-state index >= 15 is 0 Å². The van der Waals surface area contributed by atoms with Crippen LogP contribution in [0.2, 0.25) is 0 Å². The summed E-state index contributed by atoms with van der Waals surface area (Å²) in [5.41, 5.74) is 25.6. The molecule has 0 saturated carbocycles. The zero-order chi connectivity index (χ0) is 47.9. The number of anilines is 3. The molecule has 0 spiro atoms. The Morgan fingerprint density at radius 2 is 0.915 bits per heavy atom. The quantitative estimate of drug-likeness (QED) is 0.176. The number of hydrogen-bond acceptors (Lipinski definition) is 3. The summed E-state index contributed by atoms with van der Waals surface area (Å²) in [7, 11) is 0. The van der Waals surface area contributed by atoms with Crippen molar-refractivity contribution in [2.75, 3.05) is 4.90 Å². The van der Waals surface area contributed by atoms with Gasteiger partial charge in [-0.3, -0.25) is 0 Å². The van der Waals surface area contributed by atoms with Crippen molar-refractivity contribution in [3.05, 3.63) is 221 Å². The van der Waals surface area contributed by atoms with Gasteiger partial charge in [0.05, 0.1) is 5.69 Å². The zero-order valence-corrected chi connectivity index (χ0v) is 41.1. The first kappa shape index (κ1) is 40.7. The summed E-state index contributed by atoms with van der Waals surface area (Å²) in [6.07, 6.45) is 0. The SMILES string of the molecule is Cc1ccc(-c2cc3c(c4c2oc2ccccc24)-c2ccc(N(c4ccc5c(c4)C(C)(C)c4c6c(c7c(oc8ccccc87)c4-5)-c4ccccc4C6(C)C)c4cccc5ccccc45)cc2C3(C)C)cc1. The van der Waals surface area contributed by atoms with E-state index in [9.17, 15) is 0 Å². The fourth-order valence-corrected chi connectivity index (χ4v) is 13.7. The van der Waals surface area contributed by atoms with Gasteiger partial charge in [0, 0.05) is 65.7 Å². The normalized spacial score (nSPS) is 15.3. The first-order valence-electron chi connectivity index (χ1n) is 25.2. The second-order valence-corrected chi connectivity index (χ2v) is 22.0. The van der Waals surface area contributed by atoms with Gasteiger partial charge in [-0.1, -0.05) is 181 Å². The molecule has 2 heterocycles. The van der Waals surface area contributed by atoms with E-state index in [4.69, 9.17) is 8.83 Å². The number of furan rings is 2. The highest BCUT2D eigenvalue weighted by Crippen LogP contribution is 2.64. The Bertz CT molecular complexity index is 4320. The third-order valence-corrected chi connectivity index (χ3v) is 17.0. The van der Waals surface area contributed by atoms with E-state index in [1.165, 1.54) is 99.3 Å². The molecule has 0 aliphatic heterocycles. The Labute approximate surface area is 413 Å². The number of para-hydroxylation sites is 2. The van der Waals surface area contributed by atoms with E-state index < -0.39 is 0 Å². The molecule has 15 rings (SSSR count). The molecular weight excluding hydrogens is 863 g/mol. The molecule has 0 bridgehead atoms. The molecule has 0 unspecified atom stereocenters. The van der Waals surface area contributed by atoms with Crippen LogP contribution < -0.4 is 4.90 Å². The lowest BCUT2D eigenvalue weighted by Crippen LogP contribution is -2.24. The lowest BCUT2D eigenvalue weighted by Gasteiger charge is -2.32. The Hall–Kier alpha value is -8.14. The highest BCUT2D eigenvalue weighted by molar-refractivity contribution is 6.21. The van der Waals surface area contributed by atoms with Crippen molar-refractivity contribution in [3.63, 3.8) is 0 Å². The van der Waals surface area contributed by atoms with Crippen LogP contribution in [0.1, 0.15) is 80.5 Å². The minimum absolute atomic E-state index is 0.219. The van der Waals surface area contributed by atoms with Crippen molar-refractivity contribution >= 4 is 71.7 Å². The van der Waals surface area contributed by atoms with Gasteiger partial charge in [0.1, 0.15) is 22.3 Å². The highest BCUT2D eigenvalue weighted by atomic mass is 16.3. The average molecular weight is 914 g/mol. The molecule has 0 atom stereocenters. The van der Waals surface area contributed by atoms with Crippen LogP contribution in [0, 0.1) is 6.92 Å². The molecule has 3 aliphatic carbocycles. The molecular formula is C68H51NO2. The van der Waals surface area contributed by atoms with Crippen molar-refractivity contribution in [3.8, 4) is 44.5 Å². The van der Waals surface area contributed by atoms with Crippen LogP contribution >= 0.6 is 0 Å². The van der Waals surface area contributed by atoms with E-state index in [0.29, 0.717) is 0 Å². The molecule has 71 heavy (non-hydrogen) atoms.